The molecule has 1 N–H and O–H groups in total. The Morgan fingerprint density at radius 1 is 1.00 bits per heavy atom. The summed E-state index contributed by atoms with van der Waals surface area (Å²) in [7, 11) is 0. The van der Waals surface area contributed by atoms with Gasteiger partial charge in [-0.25, -0.2) is 0 Å². The summed E-state index contributed by atoms with van der Waals surface area (Å²) in [5, 5.41) is 6.79. The maximum Gasteiger partial charge on any atom is 0.264 e. The molecule has 0 aliphatic rings. The fourth-order valence-corrected chi connectivity index (χ4v) is 2.78. The Morgan fingerprint density at radius 2 is 1.62 bits per heavy atom. The number of anilines is 1. The highest BCUT2D eigenvalue weighted by atomic mass is 16.6. The van der Waals surface area contributed by atoms with Gasteiger partial charge in [-0.15, -0.1) is 0 Å². The Labute approximate surface area is 172 Å². The summed E-state index contributed by atoms with van der Waals surface area (Å²) < 4.78 is 0. The van der Waals surface area contributed by atoms with Crippen LogP contribution in [0.3, 0.4) is 0 Å². The van der Waals surface area contributed by atoms with E-state index in [1.54, 1.807) is 17.0 Å². The topological polar surface area (TPSA) is 71.0 Å². The van der Waals surface area contributed by atoms with Crippen LogP contribution in [0.15, 0.2) is 59.8 Å². The van der Waals surface area contributed by atoms with Gasteiger partial charge in [-0.2, -0.15) is 0 Å². The molecule has 0 radical (unpaired) electrons. The summed E-state index contributed by atoms with van der Waals surface area (Å²) in [5.41, 5.74) is 2.94. The molecule has 0 spiro atoms. The van der Waals surface area contributed by atoms with Gasteiger partial charge in [0, 0.05) is 24.7 Å². The predicted molar refractivity (Wildman–Crippen MR) is 116 cm³/mol. The predicted octanol–water partition coefficient (Wildman–Crippen LogP) is 4.21. The second-order valence-electron chi connectivity index (χ2n) is 7.84. The first-order valence-corrected chi connectivity index (χ1v) is 9.56. The van der Waals surface area contributed by atoms with Crippen LogP contribution in [0.1, 0.15) is 45.7 Å². The smallest absolute Gasteiger partial charge is 0.264 e. The Kier molecular flexibility index (Phi) is 7.53. The second-order valence-corrected chi connectivity index (χ2v) is 7.84. The second kappa shape index (κ2) is 9.87. The standard InChI is InChI=1S/C23H29N3O3/c1-17(20-11-13-21(14-12-20)24-18(2)27)25-29-16-22(28)26(23(3,4)5)15-19-9-7-6-8-10-19/h6-14H,15-16H2,1-5H3,(H,24,27)/b25-17+. The third-order valence-electron chi connectivity index (χ3n) is 4.31. The molecule has 0 aliphatic carbocycles. The highest BCUT2D eigenvalue weighted by Crippen LogP contribution is 2.18. The average molecular weight is 396 g/mol. The number of oxime groups is 1. The molecule has 2 aromatic carbocycles. The van der Waals surface area contributed by atoms with E-state index in [1.165, 1.54) is 6.92 Å². The highest BCUT2D eigenvalue weighted by molar-refractivity contribution is 5.99. The SMILES string of the molecule is CC(=O)Nc1ccc(/C(C)=N/OCC(=O)N(Cc2ccccc2)C(C)(C)C)cc1. The van der Waals surface area contributed by atoms with Crippen molar-refractivity contribution in [2.24, 2.45) is 5.16 Å². The van der Waals surface area contributed by atoms with Gasteiger partial charge < -0.3 is 15.1 Å². The molecule has 29 heavy (non-hydrogen) atoms. The average Bonchev–Trinajstić information content (AvgIpc) is 2.66. The minimum atomic E-state index is -0.339. The van der Waals surface area contributed by atoms with E-state index in [2.05, 4.69) is 10.5 Å². The number of carbonyl (C=O) groups is 2. The van der Waals surface area contributed by atoms with Crippen molar-refractivity contribution in [3.8, 4) is 0 Å². The van der Waals surface area contributed by atoms with Gasteiger partial charge in [-0.1, -0.05) is 47.6 Å². The van der Waals surface area contributed by atoms with Gasteiger partial charge in [0.2, 0.25) is 5.91 Å². The minimum absolute atomic E-state index is 0.121. The summed E-state index contributed by atoms with van der Waals surface area (Å²) in [6, 6.07) is 17.1. The third kappa shape index (κ3) is 7.07. The molecule has 154 valence electrons. The Bertz CT molecular complexity index is 853. The zero-order valence-corrected chi connectivity index (χ0v) is 17.7. The monoisotopic (exact) mass is 395 g/mol. The van der Waals surface area contributed by atoms with Gasteiger partial charge in [0.25, 0.3) is 5.91 Å². The number of amides is 2. The Hall–Kier alpha value is -3.15. The zero-order chi connectivity index (χ0) is 21.4. The minimum Gasteiger partial charge on any atom is -0.385 e. The molecule has 0 bridgehead atoms. The van der Waals surface area contributed by atoms with Crippen LogP contribution in [-0.2, 0) is 21.0 Å². The van der Waals surface area contributed by atoms with Crippen LogP contribution >= 0.6 is 0 Å². The molecule has 0 aromatic heterocycles. The van der Waals surface area contributed by atoms with E-state index in [4.69, 9.17) is 4.84 Å². The number of nitrogens with one attached hydrogen (secondary N) is 1. The summed E-state index contributed by atoms with van der Waals surface area (Å²) in [6.45, 7) is 9.65. The molecule has 0 unspecified atom stereocenters. The van der Waals surface area contributed by atoms with Crippen molar-refractivity contribution in [1.82, 2.24) is 4.90 Å². The largest absolute Gasteiger partial charge is 0.385 e. The summed E-state index contributed by atoms with van der Waals surface area (Å²) >= 11 is 0. The molecular weight excluding hydrogens is 366 g/mol. The molecule has 0 heterocycles. The van der Waals surface area contributed by atoms with E-state index in [0.717, 1.165) is 11.1 Å². The molecular formula is C23H29N3O3. The maximum absolute atomic E-state index is 12.8. The lowest BCUT2D eigenvalue weighted by Gasteiger charge is -2.35. The van der Waals surface area contributed by atoms with Crippen molar-refractivity contribution >= 4 is 23.2 Å². The normalized spacial score (nSPS) is 11.7. The maximum atomic E-state index is 12.8. The van der Waals surface area contributed by atoms with Gasteiger partial charge in [0.1, 0.15) is 0 Å². The van der Waals surface area contributed by atoms with Crippen molar-refractivity contribution in [3.63, 3.8) is 0 Å². The van der Waals surface area contributed by atoms with Crippen LogP contribution in [0.5, 0.6) is 0 Å². The van der Waals surface area contributed by atoms with Crippen molar-refractivity contribution in [2.75, 3.05) is 11.9 Å². The number of benzene rings is 2. The molecule has 6 heteroatoms. The fraction of sp³-hybridized carbons (Fsp3) is 0.348. The van der Waals surface area contributed by atoms with E-state index < -0.39 is 0 Å². The summed E-state index contributed by atoms with van der Waals surface area (Å²) in [6.07, 6.45) is 0. The first-order chi connectivity index (χ1) is 13.7. The third-order valence-corrected chi connectivity index (χ3v) is 4.31. The van der Waals surface area contributed by atoms with E-state index in [-0.39, 0.29) is 24.0 Å². The quantitative estimate of drug-likeness (QED) is 0.564. The van der Waals surface area contributed by atoms with Crippen molar-refractivity contribution in [3.05, 3.63) is 65.7 Å². The summed E-state index contributed by atoms with van der Waals surface area (Å²) in [4.78, 5) is 31.0. The van der Waals surface area contributed by atoms with Crippen LogP contribution in [0, 0.1) is 0 Å². The van der Waals surface area contributed by atoms with Crippen molar-refractivity contribution in [1.29, 1.82) is 0 Å². The molecule has 0 atom stereocenters. The zero-order valence-electron chi connectivity index (χ0n) is 17.7. The van der Waals surface area contributed by atoms with Crippen LogP contribution in [0.4, 0.5) is 5.69 Å². The lowest BCUT2D eigenvalue weighted by molar-refractivity contribution is -0.141. The van der Waals surface area contributed by atoms with E-state index >= 15 is 0 Å². The number of nitrogens with zero attached hydrogens (tertiary/aromatic N) is 2. The molecule has 6 nitrogen and oxygen atoms in total. The van der Waals surface area contributed by atoms with Crippen LogP contribution in [-0.4, -0.2) is 34.6 Å². The van der Waals surface area contributed by atoms with E-state index in [1.807, 2.05) is 70.2 Å². The van der Waals surface area contributed by atoms with Gasteiger partial charge in [0.15, 0.2) is 6.61 Å². The molecule has 0 saturated heterocycles. The lowest BCUT2D eigenvalue weighted by Crippen LogP contribution is -2.46. The lowest BCUT2D eigenvalue weighted by atomic mass is 10.0. The highest BCUT2D eigenvalue weighted by Gasteiger charge is 2.26. The van der Waals surface area contributed by atoms with Gasteiger partial charge in [-0.3, -0.25) is 9.59 Å². The van der Waals surface area contributed by atoms with E-state index in [0.29, 0.717) is 17.9 Å². The van der Waals surface area contributed by atoms with Gasteiger partial charge in [-0.05, 0) is 51.0 Å². The number of rotatable bonds is 7. The molecule has 0 saturated carbocycles. The number of carbonyl (C=O) groups excluding carboxylic acids is 2. The van der Waals surface area contributed by atoms with Crippen LogP contribution in [0.2, 0.25) is 0 Å². The summed E-state index contributed by atoms with van der Waals surface area (Å²) in [5.74, 6) is -0.247. The Morgan fingerprint density at radius 3 is 2.17 bits per heavy atom. The first-order valence-electron chi connectivity index (χ1n) is 9.56. The van der Waals surface area contributed by atoms with E-state index in [9.17, 15) is 9.59 Å². The van der Waals surface area contributed by atoms with Gasteiger partial charge in [0.05, 0.1) is 5.71 Å². The fourth-order valence-electron chi connectivity index (χ4n) is 2.78. The number of hydrogen-bond acceptors (Lipinski definition) is 4. The van der Waals surface area contributed by atoms with Gasteiger partial charge >= 0.3 is 0 Å². The number of hydrogen-bond donors (Lipinski definition) is 1. The van der Waals surface area contributed by atoms with Crippen LogP contribution in [0.25, 0.3) is 0 Å². The molecule has 0 aliphatic heterocycles. The molecule has 2 aromatic rings. The Balaban J connectivity index is 1.98. The van der Waals surface area contributed by atoms with Crippen molar-refractivity contribution < 1.29 is 14.4 Å². The molecule has 2 amide bonds. The van der Waals surface area contributed by atoms with Crippen molar-refractivity contribution in [2.45, 2.75) is 46.7 Å². The molecule has 0 fully saturated rings. The first kappa shape index (κ1) is 22.1. The molecule has 2 rings (SSSR count). The van der Waals surface area contributed by atoms with Crippen LogP contribution < -0.4 is 5.32 Å².